The molecule has 4 nitrogen and oxygen atoms in total. The molecule has 0 heterocycles. The first kappa shape index (κ1) is 18.8. The van der Waals surface area contributed by atoms with E-state index in [2.05, 4.69) is 0 Å². The third kappa shape index (κ3) is 4.51. The average Bonchev–Trinajstić information content (AvgIpc) is 2.47. The number of carbonyl (C=O) groups excluding carboxylic acids is 1. The van der Waals surface area contributed by atoms with E-state index in [1.54, 1.807) is 24.3 Å². The van der Waals surface area contributed by atoms with Crippen molar-refractivity contribution in [2.45, 2.75) is 4.90 Å². The molecule has 0 amide bonds. The summed E-state index contributed by atoms with van der Waals surface area (Å²) in [4.78, 5) is 11.2. The molecule has 23 heavy (non-hydrogen) atoms. The van der Waals surface area contributed by atoms with Crippen LogP contribution in [0.4, 0.5) is 5.69 Å². The maximum atomic E-state index is 12.9. The van der Waals surface area contributed by atoms with Crippen molar-refractivity contribution in [1.82, 2.24) is 0 Å². The monoisotopic (exact) mass is 503 g/mol. The van der Waals surface area contributed by atoms with E-state index in [1.165, 1.54) is 18.2 Å². The SMILES string of the molecule is O=C(Cl)CN(c1cccc(I)c1)S(=O)(=O)c1ccc(Cl)c(Cl)c1. The van der Waals surface area contributed by atoms with Gasteiger partial charge in [-0.1, -0.05) is 29.3 Å². The summed E-state index contributed by atoms with van der Waals surface area (Å²) in [7, 11) is -4.02. The van der Waals surface area contributed by atoms with Crippen LogP contribution in [0.5, 0.6) is 0 Å². The number of nitrogens with zero attached hydrogens (tertiary/aromatic N) is 1. The van der Waals surface area contributed by atoms with Gasteiger partial charge in [0.1, 0.15) is 6.54 Å². The van der Waals surface area contributed by atoms with Crippen molar-refractivity contribution < 1.29 is 13.2 Å². The van der Waals surface area contributed by atoms with Crippen molar-refractivity contribution in [3.05, 3.63) is 56.1 Å². The molecule has 9 heteroatoms. The van der Waals surface area contributed by atoms with Gasteiger partial charge in [-0.25, -0.2) is 8.42 Å². The minimum atomic E-state index is -4.02. The van der Waals surface area contributed by atoms with Gasteiger partial charge < -0.3 is 0 Å². The first-order chi connectivity index (χ1) is 10.7. The Morgan fingerprint density at radius 3 is 2.35 bits per heavy atom. The minimum Gasteiger partial charge on any atom is -0.279 e. The minimum absolute atomic E-state index is 0.0799. The fourth-order valence-corrected chi connectivity index (χ4v) is 4.34. The maximum absolute atomic E-state index is 12.9. The van der Waals surface area contributed by atoms with Gasteiger partial charge in [-0.2, -0.15) is 0 Å². The van der Waals surface area contributed by atoms with Crippen molar-refractivity contribution in [2.75, 3.05) is 10.8 Å². The van der Waals surface area contributed by atoms with Crippen LogP contribution in [-0.4, -0.2) is 20.2 Å². The highest BCUT2D eigenvalue weighted by molar-refractivity contribution is 14.1. The highest BCUT2D eigenvalue weighted by Gasteiger charge is 2.27. The molecule has 0 aliphatic heterocycles. The molecule has 2 aromatic carbocycles. The molecule has 2 rings (SSSR count). The lowest BCUT2D eigenvalue weighted by molar-refractivity contribution is -0.110. The normalized spacial score (nSPS) is 11.3. The third-order valence-electron chi connectivity index (χ3n) is 2.84. The van der Waals surface area contributed by atoms with Crippen LogP contribution in [0.15, 0.2) is 47.4 Å². The van der Waals surface area contributed by atoms with Crippen molar-refractivity contribution in [3.8, 4) is 0 Å². The Hall–Kier alpha value is -0.540. The molecule has 0 N–H and O–H groups in total. The summed E-state index contributed by atoms with van der Waals surface area (Å²) in [5.41, 5.74) is 0.331. The zero-order chi connectivity index (χ0) is 17.2. The van der Waals surface area contributed by atoms with Crippen LogP contribution in [0.2, 0.25) is 10.0 Å². The summed E-state index contributed by atoms with van der Waals surface area (Å²) in [5, 5.41) is -0.458. The van der Waals surface area contributed by atoms with E-state index < -0.39 is 21.8 Å². The van der Waals surface area contributed by atoms with Crippen LogP contribution < -0.4 is 4.31 Å². The Morgan fingerprint density at radius 2 is 1.78 bits per heavy atom. The summed E-state index contributed by atoms with van der Waals surface area (Å²) in [5.74, 6) is 0. The summed E-state index contributed by atoms with van der Waals surface area (Å²) < 4.78 is 27.5. The predicted molar refractivity (Wildman–Crippen MR) is 101 cm³/mol. The number of benzene rings is 2. The molecule has 122 valence electrons. The fourth-order valence-electron chi connectivity index (χ4n) is 1.82. The van der Waals surface area contributed by atoms with Gasteiger partial charge >= 0.3 is 0 Å². The van der Waals surface area contributed by atoms with E-state index in [-0.39, 0.29) is 14.9 Å². The Bertz CT molecular complexity index is 858. The van der Waals surface area contributed by atoms with Crippen LogP contribution in [0.25, 0.3) is 0 Å². The fraction of sp³-hybridized carbons (Fsp3) is 0.0714. The number of rotatable bonds is 5. The zero-order valence-corrected chi connectivity index (χ0v) is 16.6. The number of halogens is 4. The van der Waals surface area contributed by atoms with E-state index in [4.69, 9.17) is 34.8 Å². The van der Waals surface area contributed by atoms with Crippen LogP contribution in [0, 0.1) is 3.57 Å². The Labute approximate surface area is 162 Å². The number of hydrogen-bond acceptors (Lipinski definition) is 3. The first-order valence-electron chi connectivity index (χ1n) is 6.13. The molecule has 0 spiro atoms. The second-order valence-electron chi connectivity index (χ2n) is 4.42. The molecule has 0 bridgehead atoms. The molecular formula is C14H9Cl3INO3S. The third-order valence-corrected chi connectivity index (χ3v) is 6.14. The number of anilines is 1. The standard InChI is InChI=1S/C14H9Cl3INO3S/c15-12-5-4-11(7-13(12)16)23(21,22)19(8-14(17)20)10-3-1-2-9(18)6-10/h1-7H,8H2. The summed E-state index contributed by atoms with van der Waals surface area (Å²) >= 11 is 19.2. The molecular weight excluding hydrogens is 495 g/mol. The summed E-state index contributed by atoms with van der Waals surface area (Å²) in [6, 6.07) is 10.6. The van der Waals surface area contributed by atoms with Gasteiger partial charge in [0.2, 0.25) is 5.24 Å². The van der Waals surface area contributed by atoms with Gasteiger partial charge in [0, 0.05) is 3.57 Å². The van der Waals surface area contributed by atoms with Gasteiger partial charge in [0.15, 0.2) is 0 Å². The largest absolute Gasteiger partial charge is 0.279 e. The number of carbonyl (C=O) groups is 1. The molecule has 0 atom stereocenters. The van der Waals surface area contributed by atoms with Crippen molar-refractivity contribution in [2.24, 2.45) is 0 Å². The molecule has 0 aliphatic carbocycles. The smallest absolute Gasteiger partial charge is 0.264 e. The molecule has 0 radical (unpaired) electrons. The topological polar surface area (TPSA) is 54.5 Å². The second kappa shape index (κ2) is 7.57. The first-order valence-corrected chi connectivity index (χ1v) is 9.79. The maximum Gasteiger partial charge on any atom is 0.264 e. The predicted octanol–water partition coefficient (Wildman–Crippen LogP) is 4.56. The van der Waals surface area contributed by atoms with E-state index in [1.807, 2.05) is 22.6 Å². The lowest BCUT2D eigenvalue weighted by atomic mass is 10.3. The van der Waals surface area contributed by atoms with Crippen molar-refractivity contribution in [3.63, 3.8) is 0 Å². The van der Waals surface area contributed by atoms with E-state index in [9.17, 15) is 13.2 Å². The van der Waals surface area contributed by atoms with Gasteiger partial charge in [-0.15, -0.1) is 0 Å². The molecule has 0 unspecified atom stereocenters. The van der Waals surface area contributed by atoms with Gasteiger partial charge in [-0.3, -0.25) is 9.10 Å². The Kier molecular flexibility index (Phi) is 6.18. The lowest BCUT2D eigenvalue weighted by Crippen LogP contribution is -2.34. The van der Waals surface area contributed by atoms with Crippen LogP contribution >= 0.6 is 57.4 Å². The second-order valence-corrected chi connectivity index (χ2v) is 8.77. The zero-order valence-electron chi connectivity index (χ0n) is 11.3. The Balaban J connectivity index is 2.57. The lowest BCUT2D eigenvalue weighted by Gasteiger charge is -2.23. The quantitative estimate of drug-likeness (QED) is 0.443. The Morgan fingerprint density at radius 1 is 1.09 bits per heavy atom. The van der Waals surface area contributed by atoms with Crippen molar-refractivity contribution >= 4 is 78.3 Å². The van der Waals surface area contributed by atoms with Crippen LogP contribution in [-0.2, 0) is 14.8 Å². The average molecular weight is 505 g/mol. The summed E-state index contributed by atoms with van der Waals surface area (Å²) in [6.07, 6.45) is 0. The molecule has 0 fully saturated rings. The van der Waals surface area contributed by atoms with E-state index >= 15 is 0 Å². The van der Waals surface area contributed by atoms with Crippen LogP contribution in [0.1, 0.15) is 0 Å². The molecule has 0 aromatic heterocycles. The van der Waals surface area contributed by atoms with Gasteiger partial charge in [0.25, 0.3) is 10.0 Å². The highest BCUT2D eigenvalue weighted by atomic mass is 127. The number of sulfonamides is 1. The van der Waals surface area contributed by atoms with Gasteiger partial charge in [0.05, 0.1) is 20.6 Å². The molecule has 2 aromatic rings. The van der Waals surface area contributed by atoms with Crippen LogP contribution in [0.3, 0.4) is 0 Å². The summed E-state index contributed by atoms with van der Waals surface area (Å²) in [6.45, 7) is -0.496. The van der Waals surface area contributed by atoms with Gasteiger partial charge in [-0.05, 0) is 70.6 Å². The molecule has 0 aliphatic rings. The molecule has 0 saturated carbocycles. The molecule has 0 saturated heterocycles. The highest BCUT2D eigenvalue weighted by Crippen LogP contribution is 2.29. The number of hydrogen-bond donors (Lipinski definition) is 0. The van der Waals surface area contributed by atoms with E-state index in [0.29, 0.717) is 5.69 Å². The van der Waals surface area contributed by atoms with E-state index in [0.717, 1.165) is 7.88 Å². The van der Waals surface area contributed by atoms with Crippen molar-refractivity contribution in [1.29, 1.82) is 0 Å².